The number of halogens is 26. The molecule has 7 aromatic rings. The largest absolute Gasteiger partial charge is 0.204 e. The Bertz CT molecular complexity index is 2970. The Morgan fingerprint density at radius 1 is 0.136 bits per heavy atom. The lowest BCUT2D eigenvalue weighted by Gasteiger charge is -2.22. The van der Waals surface area contributed by atoms with Crippen LogP contribution in [0, 0.1) is 151 Å². The van der Waals surface area contributed by atoms with Crippen molar-refractivity contribution < 1.29 is 114 Å². The summed E-state index contributed by atoms with van der Waals surface area (Å²) in [6.07, 6.45) is 0. The zero-order valence-corrected chi connectivity index (χ0v) is 31.8. The normalized spacial score (nSPS) is 11.9. The number of hydrogen-bond donors (Lipinski definition) is 0. The van der Waals surface area contributed by atoms with E-state index in [0.29, 0.717) is 0 Å². The molecule has 0 spiro atoms. The monoisotopic (exact) mass is 1010 g/mol. The van der Waals surface area contributed by atoms with Crippen molar-refractivity contribution in [2.24, 2.45) is 0 Å². The van der Waals surface area contributed by atoms with Gasteiger partial charge in [-0.2, -0.15) is 0 Å². The molecule has 0 aliphatic rings. The molecule has 0 atom stereocenters. The van der Waals surface area contributed by atoms with Gasteiger partial charge in [0.15, 0.2) is 140 Å². The number of benzene rings is 7. The van der Waals surface area contributed by atoms with Gasteiger partial charge in [-0.1, -0.05) is 0 Å². The minimum atomic E-state index is -3.29. The van der Waals surface area contributed by atoms with Crippen LogP contribution in [0.15, 0.2) is 0 Å². The molecule has 4 radical (unpaired) electrons. The Hall–Kier alpha value is -6.33. The van der Waals surface area contributed by atoms with Crippen molar-refractivity contribution in [3.05, 3.63) is 151 Å². The van der Waals surface area contributed by atoms with Gasteiger partial charge in [0, 0.05) is 53.4 Å². The third kappa shape index (κ3) is 6.43. The summed E-state index contributed by atoms with van der Waals surface area (Å²) < 4.78 is 392. The maximum atomic E-state index is 16.1. The molecule has 0 unspecified atom stereocenters. The first-order chi connectivity index (χ1) is 30.6. The molecule has 0 amide bonds. The summed E-state index contributed by atoms with van der Waals surface area (Å²) in [5.74, 6) is -80.4. The second kappa shape index (κ2) is 16.2. The van der Waals surface area contributed by atoms with Crippen molar-refractivity contribution in [2.45, 2.75) is 0 Å². The van der Waals surface area contributed by atoms with Gasteiger partial charge in [-0.15, -0.1) is 0 Å². The van der Waals surface area contributed by atoms with E-state index in [1.165, 1.54) is 0 Å². The minimum absolute atomic E-state index is 2.23. The Morgan fingerprint density at radius 2 is 0.273 bits per heavy atom. The van der Waals surface area contributed by atoms with Crippen molar-refractivity contribution in [1.29, 1.82) is 0 Å². The first-order valence-electron chi connectivity index (χ1n) is 16.4. The van der Waals surface area contributed by atoms with E-state index in [-0.39, 0.29) is 0 Å². The molecule has 0 aliphatic carbocycles. The first kappa shape index (κ1) is 47.6. The average molecular weight is 1010 g/mol. The average Bonchev–Trinajstić information content (AvgIpc) is 3.29. The summed E-state index contributed by atoms with van der Waals surface area (Å²) in [6.45, 7) is 0. The second-order valence-electron chi connectivity index (χ2n) is 12.9. The van der Waals surface area contributed by atoms with Gasteiger partial charge >= 0.3 is 0 Å². The molecule has 0 heterocycles. The standard InChI is InChI=1S/C38F26Si2/c39-9-3-1(7-13(43)27(57)35(28(58)14(7)44)65-37-31(61)23(53)21(51)24(54)32(37)62)4-6(12(42)20(50)18(48)10(4)40)2(5(3)11(41)19(49)17(9)47)8-15(45)29(59)36(30(60)16(8)46)66-38-33(63)25(55)22(52)26(56)34(38)64. The molecule has 0 bridgehead atoms. The third-order valence-corrected chi connectivity index (χ3v) is 12.2. The molecular formula is C38F26Si2. The van der Waals surface area contributed by atoms with Crippen LogP contribution in [0.1, 0.15) is 0 Å². The summed E-state index contributed by atoms with van der Waals surface area (Å²) in [5, 5.41) is -20.4. The molecule has 7 aromatic carbocycles. The van der Waals surface area contributed by atoms with E-state index in [1.807, 2.05) is 0 Å². The number of rotatable bonds is 6. The van der Waals surface area contributed by atoms with Gasteiger partial charge in [-0.3, -0.25) is 0 Å². The Kier molecular flexibility index (Phi) is 11.7. The minimum Gasteiger partial charge on any atom is -0.204 e. The van der Waals surface area contributed by atoms with E-state index in [1.54, 1.807) is 0 Å². The first-order valence-corrected chi connectivity index (χ1v) is 18.4. The fraction of sp³-hybridized carbons (Fsp3) is 0. The number of fused-ring (bicyclic) bond motifs is 2. The topological polar surface area (TPSA) is 0 Å². The molecular weight excluding hydrogens is 1010 g/mol. The van der Waals surface area contributed by atoms with Crippen LogP contribution in [-0.2, 0) is 0 Å². The van der Waals surface area contributed by atoms with E-state index in [9.17, 15) is 43.9 Å². The van der Waals surface area contributed by atoms with Crippen LogP contribution in [0.4, 0.5) is 114 Å². The van der Waals surface area contributed by atoms with E-state index in [4.69, 9.17) is 0 Å². The predicted molar refractivity (Wildman–Crippen MR) is 174 cm³/mol. The molecule has 66 heavy (non-hydrogen) atoms. The van der Waals surface area contributed by atoms with Crippen LogP contribution in [0.3, 0.4) is 0 Å². The van der Waals surface area contributed by atoms with E-state index >= 15 is 70.2 Å². The molecule has 28 heteroatoms. The van der Waals surface area contributed by atoms with Crippen molar-refractivity contribution in [3.63, 3.8) is 0 Å². The summed E-state index contributed by atoms with van der Waals surface area (Å²) in [4.78, 5) is 0. The van der Waals surface area contributed by atoms with Gasteiger partial charge in [0.25, 0.3) is 0 Å². The smallest absolute Gasteiger partial charge is 0.200 e. The van der Waals surface area contributed by atoms with Crippen LogP contribution in [-0.4, -0.2) is 19.0 Å². The molecule has 7 rings (SSSR count). The molecule has 0 saturated heterocycles. The van der Waals surface area contributed by atoms with Gasteiger partial charge in [0.2, 0.25) is 11.6 Å². The molecule has 0 aromatic heterocycles. The van der Waals surface area contributed by atoms with Gasteiger partial charge in [0.1, 0.15) is 19.0 Å². The lowest BCUT2D eigenvalue weighted by Crippen LogP contribution is -2.39. The van der Waals surface area contributed by atoms with E-state index in [0.717, 1.165) is 0 Å². The number of hydrogen-bond acceptors (Lipinski definition) is 0. The molecule has 0 nitrogen and oxygen atoms in total. The van der Waals surface area contributed by atoms with Crippen LogP contribution in [0.25, 0.3) is 43.8 Å². The fourth-order valence-corrected chi connectivity index (χ4v) is 8.81. The summed E-state index contributed by atoms with van der Waals surface area (Å²) in [6, 6.07) is 0. The maximum Gasteiger partial charge on any atom is 0.200 e. The third-order valence-electron chi connectivity index (χ3n) is 9.48. The van der Waals surface area contributed by atoms with Crippen molar-refractivity contribution in [3.8, 4) is 22.3 Å². The molecule has 0 aliphatic heterocycles. The van der Waals surface area contributed by atoms with Gasteiger partial charge in [0.05, 0.1) is 11.1 Å². The van der Waals surface area contributed by atoms with E-state index in [2.05, 4.69) is 0 Å². The van der Waals surface area contributed by atoms with Gasteiger partial charge in [-0.25, -0.2) is 114 Å². The highest BCUT2D eigenvalue weighted by molar-refractivity contribution is 6.68. The van der Waals surface area contributed by atoms with Crippen molar-refractivity contribution in [2.75, 3.05) is 0 Å². The Labute approximate surface area is 348 Å². The molecule has 0 fully saturated rings. The quantitative estimate of drug-likeness (QED) is 0.0512. The van der Waals surface area contributed by atoms with Crippen LogP contribution in [0.2, 0.25) is 0 Å². The fourth-order valence-electron chi connectivity index (χ4n) is 6.55. The molecule has 0 saturated carbocycles. The van der Waals surface area contributed by atoms with Crippen molar-refractivity contribution >= 4 is 61.3 Å². The highest BCUT2D eigenvalue weighted by Gasteiger charge is 2.41. The van der Waals surface area contributed by atoms with Crippen LogP contribution in [0.5, 0.6) is 0 Å². The van der Waals surface area contributed by atoms with Crippen molar-refractivity contribution in [1.82, 2.24) is 0 Å². The highest BCUT2D eigenvalue weighted by Crippen LogP contribution is 2.51. The molecule has 0 N–H and O–H groups in total. The SMILES string of the molecule is Fc1c(F)c(F)c([Si]c2c(F)c(F)c(-c3c4c(F)c(F)c(F)c(F)c4c(-c4c(F)c(F)c([Si]c5c(F)c(F)c(F)c(F)c5F)c(F)c4F)c4c(F)c(F)c(F)c(F)c34)c(F)c2F)c(F)c1F. The Balaban J connectivity index is 1.68. The van der Waals surface area contributed by atoms with Crippen LogP contribution >= 0.6 is 0 Å². The molecule has 342 valence electrons. The summed E-state index contributed by atoms with van der Waals surface area (Å²) in [5.41, 5.74) is -11.4. The zero-order chi connectivity index (χ0) is 49.4. The Morgan fingerprint density at radius 3 is 0.455 bits per heavy atom. The summed E-state index contributed by atoms with van der Waals surface area (Å²) in [7, 11) is -5.50. The maximum absolute atomic E-state index is 16.1. The van der Waals surface area contributed by atoms with E-state index < -0.39 is 235 Å². The zero-order valence-electron chi connectivity index (χ0n) is 29.8. The van der Waals surface area contributed by atoms with Crippen LogP contribution < -0.4 is 20.7 Å². The highest BCUT2D eigenvalue weighted by atomic mass is 28.2. The predicted octanol–water partition coefficient (Wildman–Crippen LogP) is 10.3. The second-order valence-corrected chi connectivity index (χ2v) is 15.4. The summed E-state index contributed by atoms with van der Waals surface area (Å²) >= 11 is 0. The van der Waals surface area contributed by atoms with Gasteiger partial charge in [-0.05, 0) is 0 Å². The lowest BCUT2D eigenvalue weighted by atomic mass is 9.83. The lowest BCUT2D eigenvalue weighted by molar-refractivity contribution is 0.384. The van der Waals surface area contributed by atoms with Gasteiger partial charge < -0.3 is 0 Å².